The van der Waals surface area contributed by atoms with Gasteiger partial charge in [-0.25, -0.2) is 4.79 Å². The number of ether oxygens (including phenoxy) is 1. The van der Waals surface area contributed by atoms with Crippen LogP contribution in [0.5, 0.6) is 0 Å². The zero-order chi connectivity index (χ0) is 14.6. The van der Waals surface area contributed by atoms with Gasteiger partial charge in [0.1, 0.15) is 5.60 Å². The summed E-state index contributed by atoms with van der Waals surface area (Å²) in [7, 11) is 0. The van der Waals surface area contributed by atoms with E-state index in [0.29, 0.717) is 10.9 Å². The normalized spacial score (nSPS) is 12.9. The summed E-state index contributed by atoms with van der Waals surface area (Å²) < 4.78 is 5.26. The fourth-order valence-corrected chi connectivity index (χ4v) is 1.87. The van der Waals surface area contributed by atoms with Crippen LogP contribution < -0.4 is 5.32 Å². The van der Waals surface area contributed by atoms with Gasteiger partial charge in [-0.2, -0.15) is 0 Å². The number of benzene rings is 1. The first kappa shape index (κ1) is 15.8. The fourth-order valence-electron chi connectivity index (χ4n) is 1.70. The summed E-state index contributed by atoms with van der Waals surface area (Å²) in [6.07, 6.45) is 0.532. The molecule has 0 aliphatic carbocycles. The Labute approximate surface area is 120 Å². The number of anilines is 1. The van der Waals surface area contributed by atoms with Crippen molar-refractivity contribution in [3.63, 3.8) is 0 Å². The topological polar surface area (TPSA) is 38.3 Å². The maximum absolute atomic E-state index is 11.8. The van der Waals surface area contributed by atoms with Crippen molar-refractivity contribution in [2.75, 3.05) is 5.32 Å². The lowest BCUT2D eigenvalue weighted by molar-refractivity contribution is 0.0636. The molecule has 0 saturated carbocycles. The van der Waals surface area contributed by atoms with Gasteiger partial charge in [0.05, 0.1) is 0 Å². The molecule has 4 heteroatoms. The van der Waals surface area contributed by atoms with E-state index in [1.165, 1.54) is 0 Å². The molecule has 0 spiro atoms. The summed E-state index contributed by atoms with van der Waals surface area (Å²) >= 11 is 5.99. The van der Waals surface area contributed by atoms with E-state index in [1.807, 2.05) is 32.9 Å². The molecule has 3 nitrogen and oxygen atoms in total. The summed E-state index contributed by atoms with van der Waals surface area (Å²) in [5.41, 5.74) is 1.27. The Morgan fingerprint density at radius 1 is 1.42 bits per heavy atom. The van der Waals surface area contributed by atoms with E-state index < -0.39 is 11.7 Å². The average Bonchev–Trinajstić information content (AvgIpc) is 2.25. The smallest absolute Gasteiger partial charge is 0.412 e. The number of carbonyl (C=O) groups is 1. The van der Waals surface area contributed by atoms with Crippen LogP contribution in [-0.4, -0.2) is 11.7 Å². The van der Waals surface area contributed by atoms with Gasteiger partial charge in [-0.15, -0.1) is 0 Å². The molecule has 0 aliphatic rings. The van der Waals surface area contributed by atoms with Crippen molar-refractivity contribution in [1.29, 1.82) is 0 Å². The molecular formula is C15H22ClNO2. The van der Waals surface area contributed by atoms with Crippen LogP contribution in [0.2, 0.25) is 5.02 Å². The van der Waals surface area contributed by atoms with Crippen molar-refractivity contribution >= 4 is 23.4 Å². The Hall–Kier alpha value is -1.22. The monoisotopic (exact) mass is 283 g/mol. The predicted molar refractivity (Wildman–Crippen MR) is 80.0 cm³/mol. The van der Waals surface area contributed by atoms with Crippen LogP contribution in [-0.2, 0) is 4.74 Å². The molecule has 0 aliphatic heterocycles. The minimum Gasteiger partial charge on any atom is -0.444 e. The Morgan fingerprint density at radius 3 is 2.58 bits per heavy atom. The molecule has 1 amide bonds. The van der Waals surface area contributed by atoms with E-state index in [9.17, 15) is 4.79 Å². The molecule has 1 unspecified atom stereocenters. The first-order chi connectivity index (χ1) is 8.73. The molecule has 0 heterocycles. The van der Waals surface area contributed by atoms with Gasteiger partial charge in [0.15, 0.2) is 0 Å². The van der Waals surface area contributed by atoms with Crippen molar-refractivity contribution in [2.45, 2.75) is 52.6 Å². The van der Waals surface area contributed by atoms with E-state index in [1.54, 1.807) is 6.07 Å². The van der Waals surface area contributed by atoms with Gasteiger partial charge < -0.3 is 4.74 Å². The first-order valence-corrected chi connectivity index (χ1v) is 6.90. The third kappa shape index (κ3) is 5.11. The number of hydrogen-bond donors (Lipinski definition) is 1. The van der Waals surface area contributed by atoms with Crippen molar-refractivity contribution < 1.29 is 9.53 Å². The largest absolute Gasteiger partial charge is 0.444 e. The van der Waals surface area contributed by atoms with E-state index in [4.69, 9.17) is 16.3 Å². The number of hydrogen-bond acceptors (Lipinski definition) is 2. The van der Waals surface area contributed by atoms with Crippen LogP contribution >= 0.6 is 11.6 Å². The van der Waals surface area contributed by atoms with Crippen LogP contribution in [0, 0.1) is 0 Å². The van der Waals surface area contributed by atoms with Crippen LogP contribution in [0.1, 0.15) is 52.5 Å². The van der Waals surface area contributed by atoms with Crippen LogP contribution in [0.25, 0.3) is 0 Å². The van der Waals surface area contributed by atoms with Gasteiger partial charge in [0, 0.05) is 10.7 Å². The summed E-state index contributed by atoms with van der Waals surface area (Å²) in [6, 6.07) is 5.54. The van der Waals surface area contributed by atoms with E-state index in [0.717, 1.165) is 17.7 Å². The third-order valence-electron chi connectivity index (χ3n) is 2.79. The van der Waals surface area contributed by atoms with Gasteiger partial charge >= 0.3 is 6.09 Å². The van der Waals surface area contributed by atoms with Gasteiger partial charge in [-0.1, -0.05) is 31.5 Å². The Kier molecular flexibility index (Phi) is 5.24. The maximum Gasteiger partial charge on any atom is 0.412 e. The highest BCUT2D eigenvalue weighted by atomic mass is 35.5. The summed E-state index contributed by atoms with van der Waals surface area (Å²) in [4.78, 5) is 11.8. The number of halogens is 1. The molecule has 1 atom stereocenters. The molecule has 0 aromatic heterocycles. The van der Waals surface area contributed by atoms with E-state index in [-0.39, 0.29) is 0 Å². The van der Waals surface area contributed by atoms with Crippen molar-refractivity contribution in [3.8, 4) is 0 Å². The number of rotatable bonds is 3. The number of nitrogens with one attached hydrogen (secondary N) is 1. The van der Waals surface area contributed by atoms with Crippen molar-refractivity contribution in [3.05, 3.63) is 28.8 Å². The molecule has 0 radical (unpaired) electrons. The van der Waals surface area contributed by atoms with Gasteiger partial charge in [-0.05, 0) is 50.8 Å². The minimum atomic E-state index is -0.515. The molecule has 106 valence electrons. The molecule has 1 aromatic carbocycles. The molecule has 0 saturated heterocycles. The predicted octanol–water partition coefficient (Wildman–Crippen LogP) is 5.20. The molecule has 0 bridgehead atoms. The average molecular weight is 284 g/mol. The third-order valence-corrected chi connectivity index (χ3v) is 3.03. The van der Waals surface area contributed by atoms with Crippen LogP contribution in [0.3, 0.4) is 0 Å². The minimum absolute atomic E-state index is 0.349. The zero-order valence-corrected chi connectivity index (χ0v) is 13.0. The molecule has 0 fully saturated rings. The molecular weight excluding hydrogens is 262 g/mol. The Bertz CT molecular complexity index is 452. The number of carbonyl (C=O) groups excluding carboxylic acids is 1. The highest BCUT2D eigenvalue weighted by Gasteiger charge is 2.18. The second-order valence-corrected chi connectivity index (χ2v) is 6.10. The van der Waals surface area contributed by atoms with Crippen molar-refractivity contribution in [1.82, 2.24) is 0 Å². The van der Waals surface area contributed by atoms with Crippen LogP contribution in [0.15, 0.2) is 18.2 Å². The summed E-state index contributed by atoms with van der Waals surface area (Å²) in [6.45, 7) is 9.72. The zero-order valence-electron chi connectivity index (χ0n) is 12.2. The standard InChI is InChI=1S/C15H22ClNO2/c1-6-10(2)12-8-7-11(16)9-13(12)17-14(18)19-15(3,4)5/h7-10H,6H2,1-5H3,(H,17,18). The lowest BCUT2D eigenvalue weighted by Crippen LogP contribution is -2.27. The quantitative estimate of drug-likeness (QED) is 0.828. The summed E-state index contributed by atoms with van der Waals surface area (Å²) in [5.74, 6) is 0.349. The van der Waals surface area contributed by atoms with Gasteiger partial charge in [-0.3, -0.25) is 5.32 Å². The van der Waals surface area contributed by atoms with Crippen molar-refractivity contribution in [2.24, 2.45) is 0 Å². The molecule has 19 heavy (non-hydrogen) atoms. The number of amides is 1. The Morgan fingerprint density at radius 2 is 2.05 bits per heavy atom. The summed E-state index contributed by atoms with van der Waals surface area (Å²) in [5, 5.41) is 3.37. The second-order valence-electron chi connectivity index (χ2n) is 5.67. The molecule has 1 rings (SSSR count). The van der Waals surface area contributed by atoms with Gasteiger partial charge in [0.2, 0.25) is 0 Å². The lowest BCUT2D eigenvalue weighted by Gasteiger charge is -2.21. The van der Waals surface area contributed by atoms with E-state index >= 15 is 0 Å². The van der Waals surface area contributed by atoms with Gasteiger partial charge in [0.25, 0.3) is 0 Å². The molecule has 1 N–H and O–H groups in total. The second kappa shape index (κ2) is 6.29. The first-order valence-electron chi connectivity index (χ1n) is 6.52. The SMILES string of the molecule is CCC(C)c1ccc(Cl)cc1NC(=O)OC(C)(C)C. The lowest BCUT2D eigenvalue weighted by atomic mass is 9.97. The molecule has 1 aromatic rings. The fraction of sp³-hybridized carbons (Fsp3) is 0.533. The van der Waals surface area contributed by atoms with Crippen LogP contribution in [0.4, 0.5) is 10.5 Å². The van der Waals surface area contributed by atoms with E-state index in [2.05, 4.69) is 19.2 Å². The highest BCUT2D eigenvalue weighted by molar-refractivity contribution is 6.31. The highest BCUT2D eigenvalue weighted by Crippen LogP contribution is 2.29. The maximum atomic E-state index is 11.8. The Balaban J connectivity index is 2.93.